The molecule has 0 saturated heterocycles. The number of thioether (sulfide) groups is 1. The predicted octanol–water partition coefficient (Wildman–Crippen LogP) is 3.73. The molecule has 2 aromatic heterocycles. The summed E-state index contributed by atoms with van der Waals surface area (Å²) in [5, 5.41) is 1.28. The first-order valence-corrected chi connectivity index (χ1v) is 10.4. The van der Waals surface area contributed by atoms with Gasteiger partial charge in [0.2, 0.25) is 0 Å². The van der Waals surface area contributed by atoms with Crippen LogP contribution in [0.4, 0.5) is 0 Å². The standard InChI is InChI=1S/C21H19ClN4O2S/c1-13-7-9-14(10-8-13)12-29-21-23-18-17(19(27)24-20(28)25(18)2)26(21)11-15-5-3-4-6-16(15)22/h3-10H,11-12H2,1-2H3,(H,24,27,28). The summed E-state index contributed by atoms with van der Waals surface area (Å²) >= 11 is 7.87. The van der Waals surface area contributed by atoms with Gasteiger partial charge in [0.05, 0.1) is 6.54 Å². The summed E-state index contributed by atoms with van der Waals surface area (Å²) in [5.74, 6) is 0.692. The van der Waals surface area contributed by atoms with Gasteiger partial charge in [-0.2, -0.15) is 0 Å². The van der Waals surface area contributed by atoms with Gasteiger partial charge in [0, 0.05) is 17.8 Å². The van der Waals surface area contributed by atoms with Gasteiger partial charge in [-0.15, -0.1) is 0 Å². The Kier molecular flexibility index (Phi) is 5.34. The monoisotopic (exact) mass is 426 g/mol. The van der Waals surface area contributed by atoms with Crippen LogP contribution in [0.25, 0.3) is 11.2 Å². The molecule has 0 aliphatic heterocycles. The number of fused-ring (bicyclic) bond motifs is 1. The quantitative estimate of drug-likeness (QED) is 0.493. The Bertz CT molecular complexity index is 1310. The van der Waals surface area contributed by atoms with Crippen molar-refractivity contribution in [2.45, 2.75) is 24.4 Å². The van der Waals surface area contributed by atoms with Crippen molar-refractivity contribution >= 4 is 34.5 Å². The molecule has 4 rings (SSSR count). The minimum absolute atomic E-state index is 0.359. The van der Waals surface area contributed by atoms with Gasteiger partial charge in [0.25, 0.3) is 5.56 Å². The summed E-state index contributed by atoms with van der Waals surface area (Å²) in [6.07, 6.45) is 0. The van der Waals surface area contributed by atoms with Crippen molar-refractivity contribution in [2.24, 2.45) is 7.05 Å². The van der Waals surface area contributed by atoms with Crippen molar-refractivity contribution in [3.8, 4) is 0 Å². The lowest BCUT2D eigenvalue weighted by atomic mass is 10.2. The second-order valence-electron chi connectivity index (χ2n) is 6.84. The molecule has 0 fully saturated rings. The molecule has 0 spiro atoms. The van der Waals surface area contributed by atoms with E-state index in [-0.39, 0.29) is 0 Å². The van der Waals surface area contributed by atoms with E-state index in [0.29, 0.717) is 33.6 Å². The lowest BCUT2D eigenvalue weighted by Gasteiger charge is -2.10. The number of nitrogens with zero attached hydrogens (tertiary/aromatic N) is 3. The molecule has 0 atom stereocenters. The molecule has 0 unspecified atom stereocenters. The molecule has 0 aliphatic rings. The van der Waals surface area contributed by atoms with Crippen LogP contribution in [0.15, 0.2) is 63.3 Å². The molecular weight excluding hydrogens is 408 g/mol. The van der Waals surface area contributed by atoms with Crippen LogP contribution in [0.1, 0.15) is 16.7 Å². The normalized spacial score (nSPS) is 11.3. The number of benzene rings is 2. The zero-order valence-electron chi connectivity index (χ0n) is 16.0. The van der Waals surface area contributed by atoms with E-state index in [2.05, 4.69) is 34.2 Å². The number of rotatable bonds is 5. The third-order valence-electron chi connectivity index (χ3n) is 4.75. The van der Waals surface area contributed by atoms with Gasteiger partial charge in [-0.25, -0.2) is 9.78 Å². The Balaban J connectivity index is 1.81. The maximum Gasteiger partial charge on any atom is 0.329 e. The van der Waals surface area contributed by atoms with Gasteiger partial charge in [0.15, 0.2) is 16.3 Å². The number of hydrogen-bond donors (Lipinski definition) is 1. The summed E-state index contributed by atoms with van der Waals surface area (Å²) in [6, 6.07) is 15.8. The average molecular weight is 427 g/mol. The summed E-state index contributed by atoms with van der Waals surface area (Å²) < 4.78 is 3.18. The summed E-state index contributed by atoms with van der Waals surface area (Å²) in [6.45, 7) is 2.43. The van der Waals surface area contributed by atoms with Crippen molar-refractivity contribution in [3.63, 3.8) is 0 Å². The molecule has 148 valence electrons. The van der Waals surface area contributed by atoms with Crippen LogP contribution >= 0.6 is 23.4 Å². The van der Waals surface area contributed by atoms with Crippen molar-refractivity contribution < 1.29 is 0 Å². The van der Waals surface area contributed by atoms with E-state index in [1.807, 2.05) is 35.8 Å². The summed E-state index contributed by atoms with van der Waals surface area (Å²) in [5.41, 5.74) is 3.00. The van der Waals surface area contributed by atoms with Crippen LogP contribution in [0.2, 0.25) is 5.02 Å². The van der Waals surface area contributed by atoms with Crippen molar-refractivity contribution in [2.75, 3.05) is 0 Å². The highest BCUT2D eigenvalue weighted by Crippen LogP contribution is 2.27. The van der Waals surface area contributed by atoms with Gasteiger partial charge >= 0.3 is 5.69 Å². The fourth-order valence-electron chi connectivity index (χ4n) is 3.10. The molecule has 0 saturated carbocycles. The SMILES string of the molecule is Cc1ccc(CSc2nc3c(c(=O)[nH]c(=O)n3C)n2Cc2ccccc2Cl)cc1. The highest BCUT2D eigenvalue weighted by Gasteiger charge is 2.18. The van der Waals surface area contributed by atoms with Gasteiger partial charge in [-0.1, -0.05) is 71.4 Å². The Morgan fingerprint density at radius 2 is 1.83 bits per heavy atom. The number of H-pyrrole nitrogens is 1. The maximum absolute atomic E-state index is 12.6. The van der Waals surface area contributed by atoms with E-state index in [0.717, 1.165) is 11.1 Å². The molecule has 0 aliphatic carbocycles. The van der Waals surface area contributed by atoms with Crippen molar-refractivity contribution in [3.05, 3.63) is 91.1 Å². The Hall–Kier alpha value is -2.77. The van der Waals surface area contributed by atoms with E-state index in [9.17, 15) is 9.59 Å². The van der Waals surface area contributed by atoms with Crippen LogP contribution < -0.4 is 11.2 Å². The molecule has 2 heterocycles. The lowest BCUT2D eigenvalue weighted by Crippen LogP contribution is -2.29. The second-order valence-corrected chi connectivity index (χ2v) is 8.19. The molecule has 2 aromatic carbocycles. The number of aryl methyl sites for hydroxylation is 2. The first kappa shape index (κ1) is 19.5. The molecule has 0 amide bonds. The van der Waals surface area contributed by atoms with Crippen LogP contribution in [-0.2, 0) is 19.3 Å². The minimum Gasteiger partial charge on any atom is -0.309 e. The average Bonchev–Trinajstić information content (AvgIpc) is 3.06. The third-order valence-corrected chi connectivity index (χ3v) is 6.16. The van der Waals surface area contributed by atoms with Crippen LogP contribution in [0.3, 0.4) is 0 Å². The third kappa shape index (κ3) is 3.88. The first-order valence-electron chi connectivity index (χ1n) is 9.05. The molecule has 0 radical (unpaired) electrons. The molecular formula is C21H19ClN4O2S. The number of aromatic nitrogens is 4. The first-order chi connectivity index (χ1) is 13.9. The maximum atomic E-state index is 12.6. The smallest absolute Gasteiger partial charge is 0.309 e. The second kappa shape index (κ2) is 7.93. The molecule has 6 nitrogen and oxygen atoms in total. The number of imidazole rings is 1. The Morgan fingerprint density at radius 1 is 1.10 bits per heavy atom. The number of nitrogens with one attached hydrogen (secondary N) is 1. The van der Waals surface area contributed by atoms with E-state index < -0.39 is 11.2 Å². The zero-order valence-corrected chi connectivity index (χ0v) is 17.5. The number of aromatic amines is 1. The molecule has 4 aromatic rings. The van der Waals surface area contributed by atoms with Crippen molar-refractivity contribution in [1.82, 2.24) is 19.1 Å². The van der Waals surface area contributed by atoms with Crippen molar-refractivity contribution in [1.29, 1.82) is 0 Å². The summed E-state index contributed by atoms with van der Waals surface area (Å²) in [4.78, 5) is 31.6. The van der Waals surface area contributed by atoms with Crippen LogP contribution in [0, 0.1) is 6.92 Å². The fourth-order valence-corrected chi connectivity index (χ4v) is 4.25. The molecule has 29 heavy (non-hydrogen) atoms. The fraction of sp³-hybridized carbons (Fsp3) is 0.190. The largest absolute Gasteiger partial charge is 0.329 e. The Morgan fingerprint density at radius 3 is 2.55 bits per heavy atom. The van der Waals surface area contributed by atoms with E-state index in [4.69, 9.17) is 11.6 Å². The highest BCUT2D eigenvalue weighted by atomic mass is 35.5. The zero-order chi connectivity index (χ0) is 20.5. The van der Waals surface area contributed by atoms with E-state index >= 15 is 0 Å². The van der Waals surface area contributed by atoms with Crippen LogP contribution in [0.5, 0.6) is 0 Å². The van der Waals surface area contributed by atoms with E-state index in [1.165, 1.54) is 21.9 Å². The topological polar surface area (TPSA) is 72.7 Å². The molecule has 1 N–H and O–H groups in total. The molecule has 8 heteroatoms. The van der Waals surface area contributed by atoms with Gasteiger partial charge in [0.1, 0.15) is 0 Å². The predicted molar refractivity (Wildman–Crippen MR) is 117 cm³/mol. The van der Waals surface area contributed by atoms with Gasteiger partial charge in [-0.05, 0) is 24.1 Å². The lowest BCUT2D eigenvalue weighted by molar-refractivity contribution is 0.728. The number of halogens is 1. The minimum atomic E-state index is -0.486. The van der Waals surface area contributed by atoms with E-state index in [1.54, 1.807) is 7.05 Å². The highest BCUT2D eigenvalue weighted by molar-refractivity contribution is 7.98. The molecule has 0 bridgehead atoms. The number of hydrogen-bond acceptors (Lipinski definition) is 4. The Labute approximate surface area is 176 Å². The van der Waals surface area contributed by atoms with Crippen LogP contribution in [-0.4, -0.2) is 19.1 Å². The summed E-state index contributed by atoms with van der Waals surface area (Å²) in [7, 11) is 1.60. The van der Waals surface area contributed by atoms with Gasteiger partial charge in [-0.3, -0.25) is 14.3 Å². The van der Waals surface area contributed by atoms with Gasteiger partial charge < -0.3 is 4.57 Å².